The van der Waals surface area contributed by atoms with Crippen molar-refractivity contribution >= 4 is 28.4 Å². The van der Waals surface area contributed by atoms with E-state index >= 15 is 0 Å². The predicted molar refractivity (Wildman–Crippen MR) is 114 cm³/mol. The number of pyridine rings is 1. The first-order valence-corrected chi connectivity index (χ1v) is 9.44. The molecule has 0 aliphatic carbocycles. The number of aryl methyl sites for hydroxylation is 2. The van der Waals surface area contributed by atoms with Crippen LogP contribution in [0, 0.1) is 6.92 Å². The van der Waals surface area contributed by atoms with E-state index in [1.807, 2.05) is 54.2 Å². The second kappa shape index (κ2) is 7.49. The molecule has 0 saturated heterocycles. The quantitative estimate of drug-likeness (QED) is 0.525. The van der Waals surface area contributed by atoms with Gasteiger partial charge in [0.15, 0.2) is 0 Å². The second-order valence-corrected chi connectivity index (χ2v) is 7.33. The van der Waals surface area contributed by atoms with Crippen molar-refractivity contribution in [2.75, 3.05) is 0 Å². The summed E-state index contributed by atoms with van der Waals surface area (Å²) >= 11 is 6.02. The van der Waals surface area contributed by atoms with Crippen molar-refractivity contribution in [2.45, 2.75) is 13.5 Å². The van der Waals surface area contributed by atoms with Crippen LogP contribution in [-0.4, -0.2) is 15.5 Å². The molecule has 0 aliphatic rings. The molecule has 4 rings (SSSR count). The summed E-state index contributed by atoms with van der Waals surface area (Å²) in [6, 6.07) is 17.7. The van der Waals surface area contributed by atoms with Crippen LogP contribution in [0.3, 0.4) is 0 Å². The third-order valence-electron chi connectivity index (χ3n) is 4.87. The van der Waals surface area contributed by atoms with Gasteiger partial charge < -0.3 is 9.88 Å². The molecule has 1 N–H and O–H groups in total. The number of carbonyl (C=O) groups excluding carboxylic acids is 1. The second-order valence-electron chi connectivity index (χ2n) is 6.89. The summed E-state index contributed by atoms with van der Waals surface area (Å²) in [5.74, 6) is -0.131. The topological polar surface area (TPSA) is 46.9 Å². The van der Waals surface area contributed by atoms with Gasteiger partial charge in [0.1, 0.15) is 5.69 Å². The van der Waals surface area contributed by atoms with Gasteiger partial charge in [0.25, 0.3) is 5.91 Å². The van der Waals surface area contributed by atoms with Crippen LogP contribution in [0.5, 0.6) is 0 Å². The average molecular weight is 390 g/mol. The summed E-state index contributed by atoms with van der Waals surface area (Å²) in [5.41, 5.74) is 5.78. The van der Waals surface area contributed by atoms with E-state index < -0.39 is 0 Å². The van der Waals surface area contributed by atoms with Gasteiger partial charge in [0.2, 0.25) is 0 Å². The lowest BCUT2D eigenvalue weighted by molar-refractivity contribution is 0.0943. The molecule has 28 heavy (non-hydrogen) atoms. The number of benzene rings is 2. The van der Waals surface area contributed by atoms with E-state index in [2.05, 4.69) is 35.4 Å². The number of aromatic nitrogens is 2. The fourth-order valence-corrected chi connectivity index (χ4v) is 3.63. The van der Waals surface area contributed by atoms with Crippen LogP contribution in [-0.2, 0) is 13.6 Å². The van der Waals surface area contributed by atoms with Crippen molar-refractivity contribution in [2.24, 2.45) is 7.05 Å². The van der Waals surface area contributed by atoms with Gasteiger partial charge in [-0.2, -0.15) is 0 Å². The third-order valence-corrected chi connectivity index (χ3v) is 5.11. The van der Waals surface area contributed by atoms with E-state index in [4.69, 9.17) is 11.6 Å². The molecule has 2 aromatic carbocycles. The minimum Gasteiger partial charge on any atom is -0.347 e. The number of fused-ring (bicyclic) bond motifs is 1. The molecule has 4 nitrogen and oxygen atoms in total. The summed E-state index contributed by atoms with van der Waals surface area (Å²) in [5, 5.41) is 4.64. The minimum atomic E-state index is -0.131. The first-order valence-electron chi connectivity index (χ1n) is 9.06. The van der Waals surface area contributed by atoms with Gasteiger partial charge in [0, 0.05) is 35.8 Å². The number of hydrogen-bond donors (Lipinski definition) is 1. The van der Waals surface area contributed by atoms with Crippen LogP contribution < -0.4 is 5.32 Å². The zero-order valence-corrected chi connectivity index (χ0v) is 16.5. The molecule has 0 radical (unpaired) electrons. The Morgan fingerprint density at radius 1 is 1.11 bits per heavy atom. The Morgan fingerprint density at radius 3 is 2.71 bits per heavy atom. The van der Waals surface area contributed by atoms with Crippen molar-refractivity contribution in [3.8, 4) is 11.1 Å². The molecule has 2 heterocycles. The maximum absolute atomic E-state index is 12.8. The van der Waals surface area contributed by atoms with Crippen molar-refractivity contribution in [1.29, 1.82) is 0 Å². The molecule has 5 heteroatoms. The Bertz CT molecular complexity index is 1180. The minimum absolute atomic E-state index is 0.131. The lowest BCUT2D eigenvalue weighted by atomic mass is 10.0. The first kappa shape index (κ1) is 18.3. The van der Waals surface area contributed by atoms with Gasteiger partial charge >= 0.3 is 0 Å². The third kappa shape index (κ3) is 3.51. The molecule has 0 saturated carbocycles. The van der Waals surface area contributed by atoms with E-state index in [0.717, 1.165) is 27.6 Å². The molecule has 140 valence electrons. The highest BCUT2D eigenvalue weighted by atomic mass is 35.5. The van der Waals surface area contributed by atoms with Crippen LogP contribution in [0.2, 0.25) is 5.02 Å². The molecule has 0 fully saturated rings. The van der Waals surface area contributed by atoms with Gasteiger partial charge in [-0.15, -0.1) is 0 Å². The highest BCUT2D eigenvalue weighted by Gasteiger charge is 2.16. The van der Waals surface area contributed by atoms with E-state index in [-0.39, 0.29) is 5.91 Å². The van der Waals surface area contributed by atoms with Crippen LogP contribution in [0.15, 0.2) is 67.0 Å². The fourth-order valence-electron chi connectivity index (χ4n) is 3.42. The lowest BCUT2D eigenvalue weighted by Gasteiger charge is -2.07. The summed E-state index contributed by atoms with van der Waals surface area (Å²) in [6.45, 7) is 2.49. The Hall–Kier alpha value is -3.11. The highest BCUT2D eigenvalue weighted by molar-refractivity contribution is 6.30. The largest absolute Gasteiger partial charge is 0.347 e. The van der Waals surface area contributed by atoms with Gasteiger partial charge in [-0.1, -0.05) is 53.6 Å². The van der Waals surface area contributed by atoms with Gasteiger partial charge in [-0.05, 0) is 36.2 Å². The summed E-state index contributed by atoms with van der Waals surface area (Å²) in [7, 11) is 1.89. The van der Waals surface area contributed by atoms with Crippen LogP contribution in [0.25, 0.3) is 22.0 Å². The van der Waals surface area contributed by atoms with E-state index in [0.29, 0.717) is 17.3 Å². The van der Waals surface area contributed by atoms with Gasteiger partial charge in [-0.25, -0.2) is 0 Å². The fraction of sp³-hybridized carbons (Fsp3) is 0.130. The van der Waals surface area contributed by atoms with Crippen molar-refractivity contribution < 1.29 is 4.79 Å². The molecule has 2 aromatic heterocycles. The summed E-state index contributed by atoms with van der Waals surface area (Å²) in [6.07, 6.45) is 3.65. The lowest BCUT2D eigenvalue weighted by Crippen LogP contribution is -2.24. The molecule has 0 unspecified atom stereocenters. The molecule has 1 amide bonds. The average Bonchev–Trinajstić information content (AvgIpc) is 3.03. The smallest absolute Gasteiger partial charge is 0.268 e. The summed E-state index contributed by atoms with van der Waals surface area (Å²) < 4.78 is 1.88. The molecule has 4 aromatic rings. The van der Waals surface area contributed by atoms with Crippen LogP contribution in [0.1, 0.15) is 21.6 Å². The monoisotopic (exact) mass is 389 g/mol. The highest BCUT2D eigenvalue weighted by Crippen LogP contribution is 2.30. The predicted octanol–water partition coefficient (Wildman–Crippen LogP) is 5.13. The molecule has 0 spiro atoms. The van der Waals surface area contributed by atoms with Crippen molar-refractivity contribution in [1.82, 2.24) is 14.9 Å². The molecular formula is C23H20ClN3O. The molecular weight excluding hydrogens is 370 g/mol. The Labute approximate surface area is 168 Å². The number of amides is 1. The van der Waals surface area contributed by atoms with Crippen molar-refractivity contribution in [3.05, 3.63) is 88.8 Å². The van der Waals surface area contributed by atoms with Crippen LogP contribution >= 0.6 is 11.6 Å². The van der Waals surface area contributed by atoms with Crippen molar-refractivity contribution in [3.63, 3.8) is 0 Å². The molecule has 0 aliphatic heterocycles. The van der Waals surface area contributed by atoms with E-state index in [9.17, 15) is 4.79 Å². The van der Waals surface area contributed by atoms with E-state index in [1.54, 1.807) is 6.20 Å². The van der Waals surface area contributed by atoms with Crippen LogP contribution in [0.4, 0.5) is 0 Å². The molecule has 0 bridgehead atoms. The zero-order valence-electron chi connectivity index (χ0n) is 15.7. The van der Waals surface area contributed by atoms with Gasteiger partial charge in [0.05, 0.1) is 11.7 Å². The standard InChI is InChI=1S/C23H20ClN3O/c1-15-5-3-7-17(9-15)20-13-25-14-22-19(20)11-21(27(22)2)23(28)26-12-16-6-4-8-18(24)10-16/h3-11,13-14H,12H2,1-2H3,(H,26,28). The first-order chi connectivity index (χ1) is 13.5. The zero-order chi connectivity index (χ0) is 19.7. The Morgan fingerprint density at radius 2 is 1.93 bits per heavy atom. The Kier molecular flexibility index (Phi) is 4.88. The SMILES string of the molecule is Cc1cccc(-c2cncc3c2cc(C(=O)NCc2cccc(Cl)c2)n3C)c1. The van der Waals surface area contributed by atoms with Gasteiger partial charge in [-0.3, -0.25) is 9.78 Å². The van der Waals surface area contributed by atoms with E-state index in [1.165, 1.54) is 5.56 Å². The Balaban J connectivity index is 1.67. The normalized spacial score (nSPS) is 11.0. The maximum atomic E-state index is 12.8. The number of halogens is 1. The number of nitrogens with one attached hydrogen (secondary N) is 1. The maximum Gasteiger partial charge on any atom is 0.268 e. The number of carbonyl (C=O) groups is 1. The molecule has 0 atom stereocenters. The number of nitrogens with zero attached hydrogens (tertiary/aromatic N) is 2. The number of rotatable bonds is 4. The summed E-state index contributed by atoms with van der Waals surface area (Å²) in [4.78, 5) is 17.2. The number of hydrogen-bond acceptors (Lipinski definition) is 2.